The monoisotopic (exact) mass is 522 g/mol. The zero-order chi connectivity index (χ0) is 26.3. The maximum Gasteiger partial charge on any atom is 0.273 e. The van der Waals surface area contributed by atoms with E-state index in [0.29, 0.717) is 45.0 Å². The number of phenols is 1. The van der Waals surface area contributed by atoms with Crippen LogP contribution in [0.1, 0.15) is 61.1 Å². The number of carbonyl (C=O) groups excluding carboxylic acids is 2. The first-order valence-corrected chi connectivity index (χ1v) is 13.5. The maximum absolute atomic E-state index is 12.4. The minimum Gasteiger partial charge on any atom is -0.507 e. The molecule has 1 aliphatic rings. The zero-order valence-corrected chi connectivity index (χ0v) is 22.2. The van der Waals surface area contributed by atoms with Crippen LogP contribution in [0.15, 0.2) is 47.8 Å². The fourth-order valence-electron chi connectivity index (χ4n) is 4.54. The number of aromatic nitrogens is 2. The Bertz CT molecular complexity index is 1210. The first kappa shape index (κ1) is 26.8. The summed E-state index contributed by atoms with van der Waals surface area (Å²) in [4.78, 5) is 26.4. The first-order chi connectivity index (χ1) is 17.8. The first-order valence-electron chi connectivity index (χ1n) is 12.7. The smallest absolute Gasteiger partial charge is 0.273 e. The van der Waals surface area contributed by atoms with E-state index in [4.69, 9.17) is 4.74 Å². The third-order valence-corrected chi connectivity index (χ3v) is 7.37. The summed E-state index contributed by atoms with van der Waals surface area (Å²) in [6, 6.07) is 13.6. The average Bonchev–Trinajstić information content (AvgIpc) is 3.45. The van der Waals surface area contributed by atoms with Gasteiger partial charge in [-0.1, -0.05) is 55.1 Å². The summed E-state index contributed by atoms with van der Waals surface area (Å²) in [5, 5.41) is 19.1. The predicted octanol–water partition coefficient (Wildman–Crippen LogP) is 4.54. The number of hydrogen-bond acceptors (Lipinski definition) is 7. The molecule has 2 N–H and O–H groups in total. The van der Waals surface area contributed by atoms with Crippen molar-refractivity contribution in [2.24, 2.45) is 0 Å². The van der Waals surface area contributed by atoms with Crippen molar-refractivity contribution >= 4 is 23.3 Å². The van der Waals surface area contributed by atoms with Gasteiger partial charge in [0.05, 0.1) is 13.2 Å². The molecule has 37 heavy (non-hydrogen) atoms. The van der Waals surface area contributed by atoms with Crippen molar-refractivity contribution in [1.82, 2.24) is 19.8 Å². The van der Waals surface area contributed by atoms with Gasteiger partial charge in [0.2, 0.25) is 5.91 Å². The summed E-state index contributed by atoms with van der Waals surface area (Å²) < 4.78 is 9.04. The molecule has 1 aliphatic heterocycles. The van der Waals surface area contributed by atoms with Gasteiger partial charge in [-0.2, -0.15) is 0 Å². The van der Waals surface area contributed by atoms with E-state index in [-0.39, 0.29) is 23.0 Å². The van der Waals surface area contributed by atoms with Gasteiger partial charge in [0.15, 0.2) is 5.69 Å². The van der Waals surface area contributed by atoms with E-state index in [1.54, 1.807) is 5.38 Å². The number of morpholine rings is 1. The summed E-state index contributed by atoms with van der Waals surface area (Å²) in [5.74, 6) is 0.173. The Labute approximate surface area is 221 Å². The lowest BCUT2D eigenvalue weighted by atomic mass is 9.79. The predicted molar refractivity (Wildman–Crippen MR) is 144 cm³/mol. The number of nitrogens with one attached hydrogen (secondary N) is 1. The number of phenolic OH excluding ortho intramolecular Hbond substituents is 1. The minimum atomic E-state index is -0.265. The molecule has 1 aromatic heterocycles. The minimum absolute atomic E-state index is 0.130. The highest BCUT2D eigenvalue weighted by atomic mass is 32.1. The largest absolute Gasteiger partial charge is 0.507 e. The highest BCUT2D eigenvalue weighted by Crippen LogP contribution is 2.36. The van der Waals surface area contributed by atoms with E-state index in [2.05, 4.69) is 34.8 Å². The van der Waals surface area contributed by atoms with Crippen molar-refractivity contribution in [3.63, 3.8) is 0 Å². The summed E-state index contributed by atoms with van der Waals surface area (Å²) in [6.07, 6.45) is 3.28. The molecule has 0 radical (unpaired) electrons. The number of aromatic hydroxyl groups is 1. The van der Waals surface area contributed by atoms with Gasteiger partial charge < -0.3 is 20.1 Å². The molecular weight excluding hydrogens is 488 g/mol. The highest BCUT2D eigenvalue weighted by molar-refractivity contribution is 7.03. The van der Waals surface area contributed by atoms with Gasteiger partial charge in [-0.3, -0.25) is 9.59 Å². The number of hydrogen-bond donors (Lipinski definition) is 2. The summed E-state index contributed by atoms with van der Waals surface area (Å²) in [6.45, 7) is 7.34. The molecule has 1 saturated heterocycles. The van der Waals surface area contributed by atoms with Crippen LogP contribution in [0.25, 0.3) is 11.1 Å². The molecule has 9 heteroatoms. The molecule has 2 aromatic carbocycles. The second-order valence-corrected chi connectivity index (χ2v) is 10.6. The molecule has 8 nitrogen and oxygen atoms in total. The standard InChI is InChI=1S/C28H34N4O4S/c1-28(2,11-4-3-8-26(34)32-12-14-36-15-13-32)22-9-10-23(25(33)17-22)21-7-5-6-20(16-21)18-29-27(35)24-19-37-31-30-24/h5-7,9-10,16-17,19,33H,3-4,8,11-15,18H2,1-2H3,(H,29,35). The van der Waals surface area contributed by atoms with E-state index in [0.717, 1.165) is 53.0 Å². The molecule has 3 aromatic rings. The van der Waals surface area contributed by atoms with Gasteiger partial charge in [-0.15, -0.1) is 5.10 Å². The quantitative estimate of drug-likeness (QED) is 0.379. The van der Waals surface area contributed by atoms with Crippen molar-refractivity contribution in [2.75, 3.05) is 26.3 Å². The van der Waals surface area contributed by atoms with Crippen LogP contribution >= 0.6 is 11.5 Å². The number of ether oxygens (including phenoxy) is 1. The Morgan fingerprint density at radius 2 is 1.95 bits per heavy atom. The molecule has 0 bridgehead atoms. The van der Waals surface area contributed by atoms with Gasteiger partial charge in [0, 0.05) is 37.0 Å². The van der Waals surface area contributed by atoms with Crippen LogP contribution in [0.5, 0.6) is 5.75 Å². The van der Waals surface area contributed by atoms with Crippen LogP contribution < -0.4 is 5.32 Å². The van der Waals surface area contributed by atoms with Crippen molar-refractivity contribution in [1.29, 1.82) is 0 Å². The van der Waals surface area contributed by atoms with E-state index in [1.165, 1.54) is 0 Å². The molecule has 0 aliphatic carbocycles. The average molecular weight is 523 g/mol. The van der Waals surface area contributed by atoms with Crippen LogP contribution in [-0.2, 0) is 21.5 Å². The SMILES string of the molecule is CC(C)(CCCCC(=O)N1CCOCC1)c1ccc(-c2cccc(CNC(=O)c3csnn3)c2)c(O)c1. The number of unbranched alkanes of at least 4 members (excludes halogenated alkanes) is 1. The topological polar surface area (TPSA) is 105 Å². The van der Waals surface area contributed by atoms with Crippen LogP contribution in [0.3, 0.4) is 0 Å². The lowest BCUT2D eigenvalue weighted by Crippen LogP contribution is -2.40. The van der Waals surface area contributed by atoms with Crippen LogP contribution in [0, 0.1) is 0 Å². The van der Waals surface area contributed by atoms with Crippen molar-refractivity contribution in [3.8, 4) is 16.9 Å². The normalized spacial score (nSPS) is 13.9. The Morgan fingerprint density at radius 1 is 1.14 bits per heavy atom. The molecule has 0 spiro atoms. The molecule has 0 atom stereocenters. The Kier molecular flexibility index (Phi) is 8.89. The third-order valence-electron chi connectivity index (χ3n) is 6.87. The van der Waals surface area contributed by atoms with Crippen LogP contribution in [-0.4, -0.2) is 57.7 Å². The molecule has 2 amide bonds. The van der Waals surface area contributed by atoms with Gasteiger partial charge >= 0.3 is 0 Å². The molecule has 196 valence electrons. The van der Waals surface area contributed by atoms with Gasteiger partial charge in [-0.05, 0) is 58.6 Å². The van der Waals surface area contributed by atoms with Gasteiger partial charge in [0.25, 0.3) is 5.91 Å². The van der Waals surface area contributed by atoms with Crippen molar-refractivity contribution in [2.45, 2.75) is 51.5 Å². The zero-order valence-electron chi connectivity index (χ0n) is 21.4. The highest BCUT2D eigenvalue weighted by Gasteiger charge is 2.23. The molecule has 4 rings (SSSR count). The number of benzene rings is 2. The Morgan fingerprint density at radius 3 is 2.68 bits per heavy atom. The van der Waals surface area contributed by atoms with E-state index >= 15 is 0 Å². The fourth-order valence-corrected chi connectivity index (χ4v) is 4.98. The summed E-state index contributed by atoms with van der Waals surface area (Å²) in [5.41, 5.74) is 3.78. The fraction of sp³-hybridized carbons (Fsp3) is 0.429. The van der Waals surface area contributed by atoms with E-state index in [1.807, 2.05) is 41.3 Å². The third kappa shape index (κ3) is 7.14. The van der Waals surface area contributed by atoms with Crippen LogP contribution in [0.4, 0.5) is 0 Å². The number of rotatable bonds is 10. The Hall–Kier alpha value is -3.30. The number of amides is 2. The van der Waals surface area contributed by atoms with Gasteiger partial charge in [0.1, 0.15) is 5.75 Å². The molecule has 0 unspecified atom stereocenters. The second kappa shape index (κ2) is 12.3. The lowest BCUT2D eigenvalue weighted by Gasteiger charge is -2.28. The number of carbonyl (C=O) groups is 2. The van der Waals surface area contributed by atoms with E-state index in [9.17, 15) is 14.7 Å². The molecule has 0 saturated carbocycles. The van der Waals surface area contributed by atoms with E-state index < -0.39 is 0 Å². The molecule has 1 fully saturated rings. The maximum atomic E-state index is 12.4. The summed E-state index contributed by atoms with van der Waals surface area (Å²) >= 11 is 1.14. The van der Waals surface area contributed by atoms with Gasteiger partial charge in [-0.25, -0.2) is 0 Å². The Balaban J connectivity index is 1.33. The molecular formula is C28H34N4O4S. The number of nitrogens with zero attached hydrogens (tertiary/aromatic N) is 3. The van der Waals surface area contributed by atoms with Crippen molar-refractivity contribution < 1.29 is 19.4 Å². The second-order valence-electron chi connectivity index (χ2n) is 9.99. The summed E-state index contributed by atoms with van der Waals surface area (Å²) in [7, 11) is 0. The molecule has 2 heterocycles. The van der Waals surface area contributed by atoms with Crippen LogP contribution in [0.2, 0.25) is 0 Å². The van der Waals surface area contributed by atoms with Crippen molar-refractivity contribution in [3.05, 3.63) is 64.7 Å². The lowest BCUT2D eigenvalue weighted by molar-refractivity contribution is -0.135.